The normalized spacial score (nSPS) is 15.7. The van der Waals surface area contributed by atoms with E-state index in [9.17, 15) is 29.4 Å². The van der Waals surface area contributed by atoms with Crippen molar-refractivity contribution in [1.29, 1.82) is 0 Å². The SMILES string of the molecule is O=C(O)CCCCC1Cc2c(Cl)cc(C(=O)N[C@@H](Cc3ccccc3)C(=O)O)c(O)c2C(=O)O1. The Bertz CT molecular complexity index is 1100. The Hall–Kier alpha value is -3.59. The number of carbonyl (C=O) groups excluding carboxylic acids is 2. The second-order valence-electron chi connectivity index (χ2n) is 8.03. The van der Waals surface area contributed by atoms with E-state index in [-0.39, 0.29) is 35.4 Å². The largest absolute Gasteiger partial charge is 0.506 e. The molecule has 9 nitrogen and oxygen atoms in total. The maximum atomic E-state index is 12.8. The summed E-state index contributed by atoms with van der Waals surface area (Å²) in [5.41, 5.74) is 0.462. The summed E-state index contributed by atoms with van der Waals surface area (Å²) in [6, 6.07) is 8.66. The minimum absolute atomic E-state index is 0.0128. The topological polar surface area (TPSA) is 150 Å². The molecule has 4 N–H and O–H groups in total. The third-order valence-corrected chi connectivity index (χ3v) is 5.90. The minimum atomic E-state index is -1.27. The molecule has 10 heteroatoms. The summed E-state index contributed by atoms with van der Waals surface area (Å²) in [4.78, 5) is 47.7. The number of carboxylic acid groups (broad SMARTS) is 2. The fraction of sp³-hybridized carbons (Fsp3) is 0.333. The average Bonchev–Trinajstić information content (AvgIpc) is 2.78. The Morgan fingerprint density at radius 3 is 2.50 bits per heavy atom. The lowest BCUT2D eigenvalue weighted by Crippen LogP contribution is -2.42. The average molecular weight is 490 g/mol. The van der Waals surface area contributed by atoms with E-state index < -0.39 is 41.7 Å². The van der Waals surface area contributed by atoms with Crippen LogP contribution in [0.5, 0.6) is 5.75 Å². The van der Waals surface area contributed by atoms with Gasteiger partial charge in [-0.05, 0) is 36.5 Å². The van der Waals surface area contributed by atoms with Crippen LogP contribution < -0.4 is 5.32 Å². The van der Waals surface area contributed by atoms with Crippen LogP contribution in [-0.4, -0.2) is 51.3 Å². The Labute approximate surface area is 200 Å². The van der Waals surface area contributed by atoms with Gasteiger partial charge in [-0.1, -0.05) is 41.9 Å². The summed E-state index contributed by atoms with van der Waals surface area (Å²) in [6.07, 6.45) is 1.09. The summed E-state index contributed by atoms with van der Waals surface area (Å²) >= 11 is 6.33. The Kier molecular flexibility index (Phi) is 8.12. The molecule has 0 aromatic heterocycles. The number of fused-ring (bicyclic) bond motifs is 1. The first-order valence-electron chi connectivity index (χ1n) is 10.7. The number of carboxylic acids is 2. The molecule has 0 bridgehead atoms. The summed E-state index contributed by atoms with van der Waals surface area (Å²) in [7, 11) is 0. The number of halogens is 1. The quantitative estimate of drug-likeness (QED) is 0.293. The third kappa shape index (κ3) is 6.05. The molecule has 1 heterocycles. The number of phenolic OH excluding ortho intramolecular Hbond substituents is 1. The zero-order chi connectivity index (χ0) is 24.8. The molecule has 2 aromatic carbocycles. The van der Waals surface area contributed by atoms with Crippen LogP contribution in [0.1, 0.15) is 57.5 Å². The zero-order valence-corrected chi connectivity index (χ0v) is 18.9. The Morgan fingerprint density at radius 1 is 1.15 bits per heavy atom. The number of rotatable bonds is 10. The van der Waals surface area contributed by atoms with Gasteiger partial charge in [0.15, 0.2) is 0 Å². The van der Waals surface area contributed by atoms with Crippen molar-refractivity contribution in [2.75, 3.05) is 0 Å². The second-order valence-corrected chi connectivity index (χ2v) is 8.44. The number of nitrogens with one attached hydrogen (secondary N) is 1. The molecule has 1 unspecified atom stereocenters. The molecule has 1 aliphatic rings. The number of aromatic hydroxyl groups is 1. The lowest BCUT2D eigenvalue weighted by Gasteiger charge is -2.27. The number of hydrogen-bond acceptors (Lipinski definition) is 6. The number of unbranched alkanes of at least 4 members (excludes halogenated alkanes) is 1. The highest BCUT2D eigenvalue weighted by Crippen LogP contribution is 2.37. The molecular formula is C24H24ClNO8. The molecule has 180 valence electrons. The molecule has 0 spiro atoms. The lowest BCUT2D eigenvalue weighted by molar-refractivity contribution is -0.139. The lowest BCUT2D eigenvalue weighted by atomic mass is 9.92. The third-order valence-electron chi connectivity index (χ3n) is 5.56. The van der Waals surface area contributed by atoms with E-state index in [4.69, 9.17) is 21.4 Å². The van der Waals surface area contributed by atoms with Crippen molar-refractivity contribution in [2.24, 2.45) is 0 Å². The number of phenols is 1. The van der Waals surface area contributed by atoms with E-state index in [1.165, 1.54) is 6.07 Å². The predicted molar refractivity (Wildman–Crippen MR) is 121 cm³/mol. The molecule has 1 aliphatic heterocycles. The summed E-state index contributed by atoms with van der Waals surface area (Å²) in [5, 5.41) is 31.4. The van der Waals surface area contributed by atoms with Crippen molar-refractivity contribution in [1.82, 2.24) is 5.32 Å². The fourth-order valence-electron chi connectivity index (χ4n) is 3.85. The number of hydrogen-bond donors (Lipinski definition) is 4. The van der Waals surface area contributed by atoms with E-state index >= 15 is 0 Å². The Morgan fingerprint density at radius 2 is 1.85 bits per heavy atom. The van der Waals surface area contributed by atoms with E-state index in [1.54, 1.807) is 30.3 Å². The van der Waals surface area contributed by atoms with Crippen LogP contribution in [0.4, 0.5) is 0 Å². The van der Waals surface area contributed by atoms with Crippen LogP contribution in [-0.2, 0) is 27.2 Å². The maximum Gasteiger partial charge on any atom is 0.342 e. The van der Waals surface area contributed by atoms with Crippen LogP contribution in [0, 0.1) is 0 Å². The van der Waals surface area contributed by atoms with Crippen molar-refractivity contribution in [3.8, 4) is 5.75 Å². The number of carbonyl (C=O) groups is 4. The van der Waals surface area contributed by atoms with E-state index in [0.717, 1.165) is 0 Å². The number of amides is 1. The van der Waals surface area contributed by atoms with E-state index in [1.807, 2.05) is 0 Å². The zero-order valence-electron chi connectivity index (χ0n) is 18.1. The molecule has 3 rings (SSSR count). The van der Waals surface area contributed by atoms with Crippen molar-refractivity contribution in [3.63, 3.8) is 0 Å². The monoisotopic (exact) mass is 489 g/mol. The number of aliphatic carboxylic acids is 2. The van der Waals surface area contributed by atoms with Crippen molar-refractivity contribution in [2.45, 2.75) is 50.7 Å². The van der Waals surface area contributed by atoms with Crippen molar-refractivity contribution in [3.05, 3.63) is 63.7 Å². The molecule has 2 atom stereocenters. The van der Waals surface area contributed by atoms with Gasteiger partial charge >= 0.3 is 17.9 Å². The first-order chi connectivity index (χ1) is 16.2. The van der Waals surface area contributed by atoms with Crippen molar-refractivity contribution < 1.29 is 39.2 Å². The smallest absolute Gasteiger partial charge is 0.342 e. The molecule has 0 radical (unpaired) electrons. The van der Waals surface area contributed by atoms with Crippen molar-refractivity contribution >= 4 is 35.4 Å². The molecule has 0 aliphatic carbocycles. The molecule has 1 amide bonds. The summed E-state index contributed by atoms with van der Waals surface area (Å²) in [5.74, 6) is -4.54. The second kappa shape index (κ2) is 11.0. The maximum absolute atomic E-state index is 12.8. The van der Waals surface area contributed by atoms with E-state index in [0.29, 0.717) is 30.4 Å². The first-order valence-corrected chi connectivity index (χ1v) is 11.1. The van der Waals surface area contributed by atoms with Gasteiger partial charge in [0.1, 0.15) is 23.5 Å². The fourth-order valence-corrected chi connectivity index (χ4v) is 4.13. The highest BCUT2D eigenvalue weighted by molar-refractivity contribution is 6.32. The summed E-state index contributed by atoms with van der Waals surface area (Å²) < 4.78 is 5.36. The minimum Gasteiger partial charge on any atom is -0.506 e. The van der Waals surface area contributed by atoms with Gasteiger partial charge < -0.3 is 25.4 Å². The van der Waals surface area contributed by atoms with Gasteiger partial charge in [0.2, 0.25) is 0 Å². The van der Waals surface area contributed by atoms with E-state index in [2.05, 4.69) is 5.32 Å². The van der Waals surface area contributed by atoms with Crippen LogP contribution >= 0.6 is 11.6 Å². The molecule has 0 fully saturated rings. The predicted octanol–water partition coefficient (Wildman–Crippen LogP) is 3.20. The first kappa shape index (κ1) is 25.0. The number of ether oxygens (including phenoxy) is 1. The van der Waals surface area contributed by atoms with Gasteiger partial charge in [0.25, 0.3) is 5.91 Å². The van der Waals surface area contributed by atoms with Gasteiger partial charge in [-0.25, -0.2) is 9.59 Å². The summed E-state index contributed by atoms with van der Waals surface area (Å²) in [6.45, 7) is 0. The molecule has 34 heavy (non-hydrogen) atoms. The van der Waals surface area contributed by atoms with Gasteiger partial charge in [-0.15, -0.1) is 0 Å². The standard InChI is InChI=1S/C24H24ClNO8/c25-17-12-16(22(30)26-18(23(31)32)10-13-6-2-1-3-7-13)21(29)20-15(17)11-14(34-24(20)33)8-4-5-9-19(27)28/h1-3,6-7,12,14,18,29H,4-5,8-11H2,(H,26,30)(H,27,28)(H,31,32)/t14?,18-/m0/s1. The highest BCUT2D eigenvalue weighted by atomic mass is 35.5. The van der Waals surface area contributed by atoms with Crippen LogP contribution in [0.15, 0.2) is 36.4 Å². The molecule has 0 saturated heterocycles. The van der Waals surface area contributed by atoms with Gasteiger partial charge in [-0.2, -0.15) is 0 Å². The van der Waals surface area contributed by atoms with Crippen LogP contribution in [0.3, 0.4) is 0 Å². The van der Waals surface area contributed by atoms with Gasteiger partial charge in [-0.3, -0.25) is 9.59 Å². The van der Waals surface area contributed by atoms with Crippen LogP contribution in [0.25, 0.3) is 0 Å². The highest BCUT2D eigenvalue weighted by Gasteiger charge is 2.34. The number of cyclic esters (lactones) is 1. The molecule has 2 aromatic rings. The Balaban J connectivity index is 1.77. The number of benzene rings is 2. The number of esters is 1. The molecular weight excluding hydrogens is 466 g/mol. The van der Waals surface area contributed by atoms with Gasteiger partial charge in [0, 0.05) is 24.3 Å². The molecule has 0 saturated carbocycles. The van der Waals surface area contributed by atoms with Crippen LogP contribution in [0.2, 0.25) is 5.02 Å². The van der Waals surface area contributed by atoms with Gasteiger partial charge in [0.05, 0.1) is 5.56 Å².